The van der Waals surface area contributed by atoms with Crippen LogP contribution >= 0.6 is 0 Å². The first-order chi connectivity index (χ1) is 10.6. The van der Waals surface area contributed by atoms with Crippen LogP contribution in [0.4, 0.5) is 0 Å². The zero-order valence-electron chi connectivity index (χ0n) is 15.2. The largest absolute Gasteiger partial charge is 0.394 e. The van der Waals surface area contributed by atoms with Crippen molar-refractivity contribution in [3.05, 3.63) is 11.6 Å². The molecule has 3 nitrogen and oxygen atoms in total. The van der Waals surface area contributed by atoms with E-state index in [1.54, 1.807) is 0 Å². The molecule has 23 heavy (non-hydrogen) atoms. The smallest absolute Gasteiger partial charge is 0.0858 e. The predicted molar refractivity (Wildman–Crippen MR) is 91.9 cm³/mol. The minimum absolute atomic E-state index is 0.0100. The van der Waals surface area contributed by atoms with E-state index < -0.39 is 6.10 Å². The number of aliphatic hydroxyl groups is 3. The van der Waals surface area contributed by atoms with Crippen molar-refractivity contribution < 1.29 is 15.3 Å². The van der Waals surface area contributed by atoms with Crippen molar-refractivity contribution >= 4 is 0 Å². The second-order valence-electron chi connectivity index (χ2n) is 9.49. The molecule has 3 rings (SSSR count). The van der Waals surface area contributed by atoms with Gasteiger partial charge in [-0.3, -0.25) is 0 Å². The summed E-state index contributed by atoms with van der Waals surface area (Å²) in [5.41, 5.74) is 1.47. The molecule has 3 heteroatoms. The highest BCUT2D eigenvalue weighted by atomic mass is 16.3. The van der Waals surface area contributed by atoms with Gasteiger partial charge in [-0.25, -0.2) is 0 Å². The summed E-state index contributed by atoms with van der Waals surface area (Å²) in [6.45, 7) is 8.85. The van der Waals surface area contributed by atoms with Crippen molar-refractivity contribution in [3.63, 3.8) is 0 Å². The van der Waals surface area contributed by atoms with Gasteiger partial charge in [0.2, 0.25) is 0 Å². The Bertz CT molecular complexity index is 497. The van der Waals surface area contributed by atoms with Crippen LogP contribution in [-0.4, -0.2) is 34.1 Å². The number of hydrogen-bond acceptors (Lipinski definition) is 3. The van der Waals surface area contributed by atoms with Crippen LogP contribution in [0.15, 0.2) is 11.6 Å². The molecule has 0 aromatic carbocycles. The molecule has 2 fully saturated rings. The lowest BCUT2D eigenvalue weighted by Gasteiger charge is -2.61. The molecular formula is C20H34O3. The van der Waals surface area contributed by atoms with Crippen molar-refractivity contribution in [1.82, 2.24) is 0 Å². The van der Waals surface area contributed by atoms with E-state index in [2.05, 4.69) is 33.8 Å². The first-order valence-electron chi connectivity index (χ1n) is 9.34. The number of rotatable bonds is 2. The van der Waals surface area contributed by atoms with Crippen molar-refractivity contribution in [2.24, 2.45) is 28.1 Å². The van der Waals surface area contributed by atoms with E-state index >= 15 is 0 Å². The second kappa shape index (κ2) is 5.57. The maximum absolute atomic E-state index is 10.5. The molecule has 3 N–H and O–H groups in total. The van der Waals surface area contributed by atoms with Crippen LogP contribution in [0, 0.1) is 28.1 Å². The fourth-order valence-electron chi connectivity index (χ4n) is 6.21. The lowest BCUT2D eigenvalue weighted by atomic mass is 9.45. The third kappa shape index (κ3) is 2.51. The first-order valence-corrected chi connectivity index (χ1v) is 9.34. The zero-order chi connectivity index (χ0) is 17.0. The molecule has 0 saturated heterocycles. The van der Waals surface area contributed by atoms with Gasteiger partial charge in [-0.15, -0.1) is 0 Å². The summed E-state index contributed by atoms with van der Waals surface area (Å²) in [7, 11) is 0. The molecule has 0 aromatic heterocycles. The lowest BCUT2D eigenvalue weighted by molar-refractivity contribution is -0.129. The van der Waals surface area contributed by atoms with Gasteiger partial charge in [-0.05, 0) is 61.2 Å². The summed E-state index contributed by atoms with van der Waals surface area (Å²) < 4.78 is 0. The molecule has 0 aliphatic heterocycles. The number of fused-ring (bicyclic) bond motifs is 3. The van der Waals surface area contributed by atoms with Crippen LogP contribution in [0.2, 0.25) is 0 Å². The summed E-state index contributed by atoms with van der Waals surface area (Å²) in [4.78, 5) is 0. The van der Waals surface area contributed by atoms with Crippen molar-refractivity contribution in [3.8, 4) is 0 Å². The minimum Gasteiger partial charge on any atom is -0.394 e. The quantitative estimate of drug-likeness (QED) is 0.684. The molecule has 0 radical (unpaired) electrons. The average molecular weight is 322 g/mol. The Morgan fingerprint density at radius 2 is 1.83 bits per heavy atom. The van der Waals surface area contributed by atoms with E-state index in [1.165, 1.54) is 5.57 Å². The lowest BCUT2D eigenvalue weighted by Crippen LogP contribution is -2.55. The van der Waals surface area contributed by atoms with Crippen LogP contribution in [0.25, 0.3) is 0 Å². The minimum atomic E-state index is -0.661. The number of aliphatic hydroxyl groups excluding tert-OH is 3. The van der Waals surface area contributed by atoms with E-state index in [4.69, 9.17) is 0 Å². The molecule has 0 aromatic rings. The highest BCUT2D eigenvalue weighted by Gasteiger charge is 2.57. The highest BCUT2D eigenvalue weighted by Crippen LogP contribution is 2.63. The molecule has 2 saturated carbocycles. The Kier molecular flexibility index (Phi) is 4.23. The standard InChI is InChI=1S/C20H34O3/c1-18(2)15-6-5-13-11-19(3,17(23)12-21)9-7-14(13)20(15,4)10-8-16(18)22/h11,14-17,21-23H,5-10,12H2,1-4H3/t14?,15?,16?,17?,19-,20+/m0/s1. The summed E-state index contributed by atoms with van der Waals surface area (Å²) >= 11 is 0. The van der Waals surface area contributed by atoms with Crippen molar-refractivity contribution in [2.75, 3.05) is 6.61 Å². The number of allylic oxidation sites excluding steroid dienone is 1. The highest BCUT2D eigenvalue weighted by molar-refractivity contribution is 5.25. The van der Waals surface area contributed by atoms with Crippen molar-refractivity contribution in [2.45, 2.75) is 78.4 Å². The van der Waals surface area contributed by atoms with E-state index in [-0.39, 0.29) is 29.0 Å². The van der Waals surface area contributed by atoms with Crippen LogP contribution in [0.3, 0.4) is 0 Å². The maximum Gasteiger partial charge on any atom is 0.0858 e. The van der Waals surface area contributed by atoms with Gasteiger partial charge in [0.15, 0.2) is 0 Å². The molecule has 0 bridgehead atoms. The van der Waals surface area contributed by atoms with Gasteiger partial charge in [0, 0.05) is 5.41 Å². The fraction of sp³-hybridized carbons (Fsp3) is 0.900. The van der Waals surface area contributed by atoms with Gasteiger partial charge < -0.3 is 15.3 Å². The zero-order valence-corrected chi connectivity index (χ0v) is 15.2. The van der Waals surface area contributed by atoms with E-state index in [9.17, 15) is 15.3 Å². The monoisotopic (exact) mass is 322 g/mol. The topological polar surface area (TPSA) is 60.7 Å². The van der Waals surface area contributed by atoms with Gasteiger partial charge in [-0.2, -0.15) is 0 Å². The molecule has 0 heterocycles. The molecular weight excluding hydrogens is 288 g/mol. The normalized spacial score (nSPS) is 47.3. The molecule has 0 spiro atoms. The third-order valence-corrected chi connectivity index (χ3v) is 7.90. The first kappa shape index (κ1) is 17.4. The summed E-state index contributed by atoms with van der Waals surface area (Å²) in [5.74, 6) is 1.14. The molecule has 4 unspecified atom stereocenters. The Balaban J connectivity index is 1.93. The second-order valence-corrected chi connectivity index (χ2v) is 9.49. The van der Waals surface area contributed by atoms with Crippen molar-refractivity contribution in [1.29, 1.82) is 0 Å². The molecule has 3 aliphatic carbocycles. The van der Waals surface area contributed by atoms with Crippen LogP contribution in [0.1, 0.15) is 66.2 Å². The molecule has 6 atom stereocenters. The Labute approximate surface area is 140 Å². The summed E-state index contributed by atoms with van der Waals surface area (Å²) in [5, 5.41) is 30.1. The van der Waals surface area contributed by atoms with Crippen LogP contribution in [-0.2, 0) is 0 Å². The molecule has 132 valence electrons. The Morgan fingerprint density at radius 3 is 2.48 bits per heavy atom. The number of hydrogen-bond donors (Lipinski definition) is 3. The molecule has 3 aliphatic rings. The van der Waals surface area contributed by atoms with Crippen LogP contribution < -0.4 is 0 Å². The van der Waals surface area contributed by atoms with Crippen LogP contribution in [0.5, 0.6) is 0 Å². The third-order valence-electron chi connectivity index (χ3n) is 7.90. The van der Waals surface area contributed by atoms with Gasteiger partial charge >= 0.3 is 0 Å². The van der Waals surface area contributed by atoms with Gasteiger partial charge in [0.1, 0.15) is 0 Å². The van der Waals surface area contributed by atoms with Gasteiger partial charge in [-0.1, -0.05) is 39.3 Å². The van der Waals surface area contributed by atoms with Gasteiger partial charge in [0.25, 0.3) is 0 Å². The maximum atomic E-state index is 10.5. The fourth-order valence-corrected chi connectivity index (χ4v) is 6.21. The average Bonchev–Trinajstić information content (AvgIpc) is 2.50. The SMILES string of the molecule is CC1(C)C(O)CC[C@]2(C)C3CC[C@](C)(C(O)CO)C=C3CCC12. The van der Waals surface area contributed by atoms with Gasteiger partial charge in [0.05, 0.1) is 18.8 Å². The van der Waals surface area contributed by atoms with E-state index in [1.807, 2.05) is 0 Å². The summed E-state index contributed by atoms with van der Waals surface area (Å²) in [6, 6.07) is 0. The Hall–Kier alpha value is -0.380. The summed E-state index contributed by atoms with van der Waals surface area (Å²) in [6.07, 6.45) is 7.70. The predicted octanol–water partition coefficient (Wildman–Crippen LogP) is 3.28. The Morgan fingerprint density at radius 1 is 1.13 bits per heavy atom. The van der Waals surface area contributed by atoms with E-state index in [0.717, 1.165) is 38.5 Å². The molecule has 0 amide bonds. The van der Waals surface area contributed by atoms with E-state index in [0.29, 0.717) is 11.8 Å².